The first kappa shape index (κ1) is 28.5. The van der Waals surface area contributed by atoms with E-state index in [0.717, 1.165) is 0 Å². The van der Waals surface area contributed by atoms with Crippen molar-refractivity contribution in [1.29, 1.82) is 0 Å². The number of ether oxygens (including phenoxy) is 1. The quantitative estimate of drug-likeness (QED) is 0.233. The van der Waals surface area contributed by atoms with Crippen LogP contribution in [0.3, 0.4) is 0 Å². The second-order valence-electron chi connectivity index (χ2n) is 8.74. The molecule has 3 aromatic rings. The van der Waals surface area contributed by atoms with E-state index in [-0.39, 0.29) is 47.6 Å². The number of amides is 2. The topological polar surface area (TPSA) is 223 Å². The predicted molar refractivity (Wildman–Crippen MR) is 139 cm³/mol. The lowest BCUT2D eigenvalue weighted by Crippen LogP contribution is -2.41. The zero-order valence-electron chi connectivity index (χ0n) is 21.4. The van der Waals surface area contributed by atoms with E-state index >= 15 is 0 Å². The molecule has 15 heteroatoms. The van der Waals surface area contributed by atoms with Crippen LogP contribution in [0.1, 0.15) is 42.7 Å². The molecule has 6 N–H and O–H groups in total. The molecule has 2 amide bonds. The maximum Gasteiger partial charge on any atom is 0.413 e. The van der Waals surface area contributed by atoms with E-state index in [1.54, 1.807) is 33.0 Å². The summed E-state index contributed by atoms with van der Waals surface area (Å²) in [6.45, 7) is 3.69. The van der Waals surface area contributed by atoms with E-state index in [4.69, 9.17) is 15.6 Å². The number of aliphatic carboxylic acids is 2. The lowest BCUT2D eigenvalue weighted by molar-refractivity contribution is -0.140. The van der Waals surface area contributed by atoms with Gasteiger partial charge in [0.05, 0.1) is 24.5 Å². The third-order valence-electron chi connectivity index (χ3n) is 5.26. The SMILES string of the molecule is CC(C)OC(=O)Nc1nc(N)nc2ncc(CN(C)c3ccc(C(=O)N[C@@H](CCC(=O)O)C(=O)O)cc3)nc12. The Labute approximate surface area is 222 Å². The molecule has 206 valence electrons. The summed E-state index contributed by atoms with van der Waals surface area (Å²) in [6.07, 6.45) is -0.199. The molecular weight excluding hydrogens is 512 g/mol. The van der Waals surface area contributed by atoms with Crippen molar-refractivity contribution in [2.24, 2.45) is 0 Å². The molecule has 0 fully saturated rings. The number of hydrogen-bond donors (Lipinski definition) is 5. The van der Waals surface area contributed by atoms with Crippen molar-refractivity contribution in [2.45, 2.75) is 45.4 Å². The monoisotopic (exact) mass is 540 g/mol. The van der Waals surface area contributed by atoms with Crippen LogP contribution in [0.2, 0.25) is 0 Å². The van der Waals surface area contributed by atoms with Crippen molar-refractivity contribution in [3.63, 3.8) is 0 Å². The molecule has 2 aromatic heterocycles. The minimum atomic E-state index is -1.33. The molecule has 0 aliphatic carbocycles. The highest BCUT2D eigenvalue weighted by Crippen LogP contribution is 2.21. The van der Waals surface area contributed by atoms with Gasteiger partial charge in [0.2, 0.25) is 5.95 Å². The normalized spacial score (nSPS) is 11.6. The molecule has 0 aliphatic heterocycles. The number of benzene rings is 1. The van der Waals surface area contributed by atoms with Crippen LogP contribution in [0.25, 0.3) is 11.2 Å². The van der Waals surface area contributed by atoms with Crippen molar-refractivity contribution in [3.05, 3.63) is 41.7 Å². The zero-order valence-corrected chi connectivity index (χ0v) is 21.4. The fraction of sp³-hybridized carbons (Fsp3) is 0.333. The highest BCUT2D eigenvalue weighted by molar-refractivity contribution is 5.97. The molecule has 1 atom stereocenters. The number of fused-ring (bicyclic) bond motifs is 1. The highest BCUT2D eigenvalue weighted by Gasteiger charge is 2.22. The van der Waals surface area contributed by atoms with Gasteiger partial charge >= 0.3 is 18.0 Å². The lowest BCUT2D eigenvalue weighted by Gasteiger charge is -2.19. The molecular formula is C24H28N8O7. The molecule has 0 saturated heterocycles. The number of nitrogens with one attached hydrogen (secondary N) is 2. The Balaban J connectivity index is 1.72. The van der Waals surface area contributed by atoms with Gasteiger partial charge in [0.15, 0.2) is 17.0 Å². The van der Waals surface area contributed by atoms with Gasteiger partial charge in [-0.2, -0.15) is 9.97 Å². The molecule has 0 saturated carbocycles. The number of hydrogen-bond acceptors (Lipinski definition) is 11. The first-order valence-corrected chi connectivity index (χ1v) is 11.8. The Morgan fingerprint density at radius 2 is 1.77 bits per heavy atom. The summed E-state index contributed by atoms with van der Waals surface area (Å²) in [5, 5.41) is 22.9. The van der Waals surface area contributed by atoms with E-state index in [1.807, 2.05) is 4.90 Å². The Morgan fingerprint density at radius 1 is 1.08 bits per heavy atom. The van der Waals surface area contributed by atoms with Gasteiger partial charge in [-0.3, -0.25) is 14.9 Å². The molecule has 0 spiro atoms. The van der Waals surface area contributed by atoms with Crippen LogP contribution in [0.5, 0.6) is 0 Å². The Bertz CT molecular complexity index is 1380. The van der Waals surface area contributed by atoms with Crippen molar-refractivity contribution in [2.75, 3.05) is 23.0 Å². The van der Waals surface area contributed by atoms with E-state index < -0.39 is 36.4 Å². The number of carboxylic acid groups (broad SMARTS) is 2. The molecule has 39 heavy (non-hydrogen) atoms. The van der Waals surface area contributed by atoms with Gasteiger partial charge in [0.1, 0.15) is 6.04 Å². The van der Waals surface area contributed by atoms with E-state index in [0.29, 0.717) is 11.4 Å². The molecule has 2 heterocycles. The van der Waals surface area contributed by atoms with E-state index in [2.05, 4.69) is 30.6 Å². The first-order chi connectivity index (χ1) is 18.4. The molecule has 0 aliphatic rings. The Hall–Kier alpha value is -5.08. The highest BCUT2D eigenvalue weighted by atomic mass is 16.6. The smallest absolute Gasteiger partial charge is 0.413 e. The van der Waals surface area contributed by atoms with Crippen LogP contribution in [-0.2, 0) is 20.9 Å². The maximum atomic E-state index is 12.5. The molecule has 0 bridgehead atoms. The molecule has 15 nitrogen and oxygen atoms in total. The zero-order chi connectivity index (χ0) is 28.7. The average molecular weight is 541 g/mol. The van der Waals surface area contributed by atoms with Gasteiger partial charge in [-0.15, -0.1) is 0 Å². The van der Waals surface area contributed by atoms with Crippen molar-refractivity contribution >= 4 is 52.6 Å². The fourth-order valence-electron chi connectivity index (χ4n) is 3.43. The number of nitrogens with two attached hydrogens (primary N) is 1. The van der Waals surface area contributed by atoms with Gasteiger partial charge in [0, 0.05) is 24.7 Å². The van der Waals surface area contributed by atoms with Crippen LogP contribution in [0.15, 0.2) is 30.5 Å². The number of carboxylic acids is 2. The van der Waals surface area contributed by atoms with E-state index in [9.17, 15) is 24.3 Å². The van der Waals surface area contributed by atoms with Crippen LogP contribution < -0.4 is 21.3 Å². The summed E-state index contributed by atoms with van der Waals surface area (Å²) >= 11 is 0. The number of rotatable bonds is 11. The number of carbonyl (C=O) groups excluding carboxylic acids is 2. The number of anilines is 3. The largest absolute Gasteiger partial charge is 0.481 e. The first-order valence-electron chi connectivity index (χ1n) is 11.8. The summed E-state index contributed by atoms with van der Waals surface area (Å²) in [6, 6.07) is 5.03. The summed E-state index contributed by atoms with van der Waals surface area (Å²) in [5.74, 6) is -3.16. The number of carbonyl (C=O) groups is 4. The summed E-state index contributed by atoms with van der Waals surface area (Å²) < 4.78 is 5.09. The Kier molecular flexibility index (Phi) is 9.09. The maximum absolute atomic E-state index is 12.5. The third-order valence-corrected chi connectivity index (χ3v) is 5.26. The summed E-state index contributed by atoms with van der Waals surface area (Å²) in [5.41, 5.74) is 7.57. The third kappa shape index (κ3) is 7.95. The van der Waals surface area contributed by atoms with Crippen LogP contribution in [-0.4, -0.2) is 73.3 Å². The molecule has 0 radical (unpaired) electrons. The second-order valence-corrected chi connectivity index (χ2v) is 8.74. The lowest BCUT2D eigenvalue weighted by atomic mass is 10.1. The molecule has 0 unspecified atom stereocenters. The minimum Gasteiger partial charge on any atom is -0.481 e. The van der Waals surface area contributed by atoms with Crippen LogP contribution >= 0.6 is 0 Å². The van der Waals surface area contributed by atoms with E-state index in [1.165, 1.54) is 18.3 Å². The van der Waals surface area contributed by atoms with Gasteiger partial charge in [-0.05, 0) is 44.5 Å². The number of nitrogen functional groups attached to an aromatic ring is 1. The van der Waals surface area contributed by atoms with Gasteiger partial charge < -0.3 is 30.9 Å². The summed E-state index contributed by atoms with van der Waals surface area (Å²) in [4.78, 5) is 65.3. The number of nitrogens with zero attached hydrogens (tertiary/aromatic N) is 5. The standard InChI is InChI=1S/C24H28N8O7/c1-12(2)39-24(38)31-20-18-19(29-23(25)30-20)26-10-14(27-18)11-32(3)15-6-4-13(5-7-15)21(35)28-16(22(36)37)8-9-17(33)34/h4-7,10,12,16H,8-9,11H2,1-3H3,(H,28,35)(H,33,34)(H,36,37)(H3,25,26,29,30,31,38)/t16-/m0/s1. The Morgan fingerprint density at radius 3 is 2.38 bits per heavy atom. The fourth-order valence-corrected chi connectivity index (χ4v) is 3.43. The molecule has 3 rings (SSSR count). The van der Waals surface area contributed by atoms with Crippen molar-refractivity contribution in [1.82, 2.24) is 25.3 Å². The van der Waals surface area contributed by atoms with Gasteiger partial charge in [0.25, 0.3) is 5.91 Å². The second kappa shape index (κ2) is 12.4. The average Bonchev–Trinajstić information content (AvgIpc) is 2.85. The number of aromatic nitrogens is 4. The van der Waals surface area contributed by atoms with Gasteiger partial charge in [-0.25, -0.2) is 19.6 Å². The summed E-state index contributed by atoms with van der Waals surface area (Å²) in [7, 11) is 1.78. The van der Waals surface area contributed by atoms with Crippen molar-refractivity contribution < 1.29 is 34.1 Å². The predicted octanol–water partition coefficient (Wildman–Crippen LogP) is 1.64. The van der Waals surface area contributed by atoms with Crippen LogP contribution in [0.4, 0.5) is 22.2 Å². The van der Waals surface area contributed by atoms with Gasteiger partial charge in [-0.1, -0.05) is 0 Å². The molecule has 1 aromatic carbocycles. The van der Waals surface area contributed by atoms with Crippen LogP contribution in [0, 0.1) is 0 Å². The minimum absolute atomic E-state index is 0.0542. The van der Waals surface area contributed by atoms with Crippen molar-refractivity contribution in [3.8, 4) is 0 Å².